The van der Waals surface area contributed by atoms with Crippen molar-refractivity contribution in [1.82, 2.24) is 10.2 Å². The molecule has 38 heavy (non-hydrogen) atoms. The van der Waals surface area contributed by atoms with Crippen LogP contribution in [-0.2, 0) is 26.2 Å². The lowest BCUT2D eigenvalue weighted by Gasteiger charge is -2.32. The number of sulfonamides is 1. The Bertz CT molecular complexity index is 1410. The Morgan fingerprint density at radius 2 is 1.66 bits per heavy atom. The molecule has 0 saturated heterocycles. The van der Waals surface area contributed by atoms with E-state index in [1.54, 1.807) is 61.5 Å². The fraction of sp³-hybridized carbons (Fsp3) is 0.259. The minimum Gasteiger partial charge on any atom is -0.495 e. The monoisotopic (exact) mass is 577 g/mol. The van der Waals surface area contributed by atoms with Gasteiger partial charge in [0.15, 0.2) is 0 Å². The molecule has 0 aliphatic heterocycles. The summed E-state index contributed by atoms with van der Waals surface area (Å²) in [6, 6.07) is 16.8. The lowest BCUT2D eigenvalue weighted by atomic mass is 10.1. The summed E-state index contributed by atoms with van der Waals surface area (Å²) < 4.78 is 34.1. The maximum atomic E-state index is 13.9. The number of nitrogens with one attached hydrogen (secondary N) is 1. The first-order chi connectivity index (χ1) is 18.0. The molecule has 0 saturated carbocycles. The van der Waals surface area contributed by atoms with Crippen LogP contribution in [0.5, 0.6) is 5.75 Å². The summed E-state index contributed by atoms with van der Waals surface area (Å²) in [4.78, 5) is 27.7. The fourth-order valence-electron chi connectivity index (χ4n) is 3.81. The van der Waals surface area contributed by atoms with Gasteiger partial charge in [-0.2, -0.15) is 0 Å². The second kappa shape index (κ2) is 12.5. The maximum absolute atomic E-state index is 13.9. The van der Waals surface area contributed by atoms with Crippen LogP contribution in [0.15, 0.2) is 71.6 Å². The van der Waals surface area contributed by atoms with Crippen LogP contribution in [0.3, 0.4) is 0 Å². The summed E-state index contributed by atoms with van der Waals surface area (Å²) >= 11 is 12.2. The zero-order chi connectivity index (χ0) is 28.0. The Balaban J connectivity index is 2.08. The van der Waals surface area contributed by atoms with Crippen LogP contribution in [0.1, 0.15) is 18.1 Å². The highest BCUT2D eigenvalue weighted by molar-refractivity contribution is 7.92. The summed E-state index contributed by atoms with van der Waals surface area (Å²) in [5, 5.41) is 3.18. The Labute approximate surface area is 233 Å². The van der Waals surface area contributed by atoms with E-state index in [2.05, 4.69) is 5.32 Å². The molecule has 0 radical (unpaired) electrons. The second-order valence-electron chi connectivity index (χ2n) is 8.56. The zero-order valence-corrected chi connectivity index (χ0v) is 23.8. The molecule has 202 valence electrons. The van der Waals surface area contributed by atoms with Gasteiger partial charge in [-0.25, -0.2) is 8.42 Å². The Kier molecular flexibility index (Phi) is 9.65. The standard InChI is InChI=1S/C27H29Cl2N3O5S/c1-18-9-12-21(13-10-18)38(35,36)32(24-7-5-6-8-25(24)37-4)17-26(33)31(19(2)27(34)30-3)16-20-11-14-22(28)23(29)15-20/h5-15,19H,16-17H2,1-4H3,(H,30,34). The molecule has 1 N–H and O–H groups in total. The Hall–Kier alpha value is -3.27. The zero-order valence-electron chi connectivity index (χ0n) is 21.4. The average Bonchev–Trinajstić information content (AvgIpc) is 2.91. The van der Waals surface area contributed by atoms with Crippen molar-refractivity contribution in [3.05, 3.63) is 87.9 Å². The Morgan fingerprint density at radius 3 is 2.26 bits per heavy atom. The fourth-order valence-corrected chi connectivity index (χ4v) is 5.56. The molecule has 11 heteroatoms. The number of aryl methyl sites for hydroxylation is 1. The number of carbonyl (C=O) groups excluding carboxylic acids is 2. The van der Waals surface area contributed by atoms with Gasteiger partial charge in [0.25, 0.3) is 10.0 Å². The molecule has 0 aliphatic carbocycles. The second-order valence-corrected chi connectivity index (χ2v) is 11.2. The van der Waals surface area contributed by atoms with E-state index in [0.717, 1.165) is 9.87 Å². The van der Waals surface area contributed by atoms with Gasteiger partial charge in [0, 0.05) is 13.6 Å². The predicted octanol–water partition coefficient (Wildman–Crippen LogP) is 4.67. The summed E-state index contributed by atoms with van der Waals surface area (Å²) in [6.07, 6.45) is 0. The summed E-state index contributed by atoms with van der Waals surface area (Å²) in [6.45, 7) is 2.82. The first-order valence-corrected chi connectivity index (χ1v) is 13.9. The molecule has 0 spiro atoms. The van der Waals surface area contributed by atoms with Gasteiger partial charge < -0.3 is 15.0 Å². The van der Waals surface area contributed by atoms with E-state index in [1.165, 1.54) is 31.2 Å². The number of benzene rings is 3. The van der Waals surface area contributed by atoms with Crippen LogP contribution >= 0.6 is 23.2 Å². The van der Waals surface area contributed by atoms with E-state index >= 15 is 0 Å². The third kappa shape index (κ3) is 6.59. The van der Waals surface area contributed by atoms with Gasteiger partial charge >= 0.3 is 0 Å². The summed E-state index contributed by atoms with van der Waals surface area (Å²) in [7, 11) is -1.32. The number of anilines is 1. The molecule has 0 aliphatic rings. The number of para-hydroxylation sites is 2. The lowest BCUT2D eigenvalue weighted by Crippen LogP contribution is -2.50. The van der Waals surface area contributed by atoms with E-state index < -0.39 is 34.4 Å². The predicted molar refractivity (Wildman–Crippen MR) is 149 cm³/mol. The topological polar surface area (TPSA) is 96.0 Å². The highest BCUT2D eigenvalue weighted by Crippen LogP contribution is 2.33. The third-order valence-electron chi connectivity index (χ3n) is 5.99. The molecule has 0 aromatic heterocycles. The van der Waals surface area contributed by atoms with Crippen molar-refractivity contribution in [2.24, 2.45) is 0 Å². The number of nitrogens with zero attached hydrogens (tertiary/aromatic N) is 2. The molecular formula is C27H29Cl2N3O5S. The van der Waals surface area contributed by atoms with Crippen molar-refractivity contribution >= 4 is 50.7 Å². The van der Waals surface area contributed by atoms with Gasteiger partial charge in [-0.3, -0.25) is 13.9 Å². The highest BCUT2D eigenvalue weighted by atomic mass is 35.5. The van der Waals surface area contributed by atoms with Crippen molar-refractivity contribution in [3.63, 3.8) is 0 Å². The van der Waals surface area contributed by atoms with Gasteiger partial charge in [0.2, 0.25) is 11.8 Å². The largest absolute Gasteiger partial charge is 0.495 e. The average molecular weight is 579 g/mol. The molecule has 2 amide bonds. The molecule has 0 bridgehead atoms. The van der Waals surface area contributed by atoms with Crippen molar-refractivity contribution in [2.75, 3.05) is 25.0 Å². The van der Waals surface area contributed by atoms with Crippen molar-refractivity contribution in [1.29, 1.82) is 0 Å². The molecule has 1 unspecified atom stereocenters. The highest BCUT2D eigenvalue weighted by Gasteiger charge is 2.33. The summed E-state index contributed by atoms with van der Waals surface area (Å²) in [5.74, 6) is -0.747. The molecule has 0 heterocycles. The number of ether oxygens (including phenoxy) is 1. The van der Waals surface area contributed by atoms with Crippen LogP contribution in [0.25, 0.3) is 0 Å². The van der Waals surface area contributed by atoms with Gasteiger partial charge in [-0.15, -0.1) is 0 Å². The van der Waals surface area contributed by atoms with Crippen LogP contribution in [-0.4, -0.2) is 51.9 Å². The number of likely N-dealkylation sites (N-methyl/N-ethyl adjacent to an activating group) is 1. The number of hydrogen-bond acceptors (Lipinski definition) is 5. The first kappa shape index (κ1) is 29.3. The number of amides is 2. The first-order valence-electron chi connectivity index (χ1n) is 11.7. The number of hydrogen-bond donors (Lipinski definition) is 1. The molecule has 1 atom stereocenters. The van der Waals surface area contributed by atoms with Gasteiger partial charge in [0.1, 0.15) is 18.3 Å². The third-order valence-corrected chi connectivity index (χ3v) is 8.51. The molecular weight excluding hydrogens is 549 g/mol. The number of rotatable bonds is 10. The van der Waals surface area contributed by atoms with E-state index in [0.29, 0.717) is 15.6 Å². The maximum Gasteiger partial charge on any atom is 0.264 e. The Morgan fingerprint density at radius 1 is 1.00 bits per heavy atom. The van der Waals surface area contributed by atoms with Crippen molar-refractivity contribution < 1.29 is 22.7 Å². The molecule has 0 fully saturated rings. The van der Waals surface area contributed by atoms with Crippen LogP contribution in [0, 0.1) is 6.92 Å². The van der Waals surface area contributed by atoms with E-state index in [4.69, 9.17) is 27.9 Å². The SMILES string of the molecule is CNC(=O)C(C)N(Cc1ccc(Cl)c(Cl)c1)C(=O)CN(c1ccccc1OC)S(=O)(=O)c1ccc(C)cc1. The summed E-state index contributed by atoms with van der Waals surface area (Å²) in [5.41, 5.74) is 1.69. The van der Waals surface area contributed by atoms with Crippen molar-refractivity contribution in [3.8, 4) is 5.75 Å². The van der Waals surface area contributed by atoms with Crippen LogP contribution in [0.2, 0.25) is 10.0 Å². The lowest BCUT2D eigenvalue weighted by molar-refractivity contribution is -0.139. The van der Waals surface area contributed by atoms with E-state index in [1.807, 2.05) is 6.92 Å². The van der Waals surface area contributed by atoms with Gasteiger partial charge in [-0.1, -0.05) is 59.1 Å². The quantitative estimate of drug-likeness (QED) is 0.378. The number of carbonyl (C=O) groups is 2. The number of halogens is 2. The van der Waals surface area contributed by atoms with Crippen molar-refractivity contribution in [2.45, 2.75) is 31.3 Å². The van der Waals surface area contributed by atoms with Gasteiger partial charge in [-0.05, 0) is 55.8 Å². The van der Waals surface area contributed by atoms with Crippen LogP contribution in [0.4, 0.5) is 5.69 Å². The normalized spacial score (nSPS) is 11.9. The number of methoxy groups -OCH3 is 1. The van der Waals surface area contributed by atoms with Crippen LogP contribution < -0.4 is 14.4 Å². The minimum atomic E-state index is -4.20. The van der Waals surface area contributed by atoms with E-state index in [-0.39, 0.29) is 22.9 Å². The minimum absolute atomic E-state index is 0.00530. The van der Waals surface area contributed by atoms with E-state index in [9.17, 15) is 18.0 Å². The van der Waals surface area contributed by atoms with Gasteiger partial charge in [0.05, 0.1) is 27.7 Å². The molecule has 3 aromatic carbocycles. The molecule has 3 aromatic rings. The smallest absolute Gasteiger partial charge is 0.264 e. The molecule has 8 nitrogen and oxygen atoms in total. The molecule has 3 rings (SSSR count).